The summed E-state index contributed by atoms with van der Waals surface area (Å²) in [6, 6.07) is 0. The van der Waals surface area contributed by atoms with Crippen molar-refractivity contribution < 1.29 is 4.74 Å². The van der Waals surface area contributed by atoms with E-state index in [0.29, 0.717) is 6.10 Å². The van der Waals surface area contributed by atoms with E-state index >= 15 is 0 Å². The van der Waals surface area contributed by atoms with Crippen LogP contribution in [0, 0.1) is 17.8 Å². The number of nitrogens with one attached hydrogen (secondary N) is 1. The molecule has 1 N–H and O–H groups in total. The van der Waals surface area contributed by atoms with Gasteiger partial charge in [-0.05, 0) is 37.0 Å². The van der Waals surface area contributed by atoms with Crippen LogP contribution >= 0.6 is 0 Å². The molecule has 1 saturated carbocycles. The number of rotatable bonds is 3. The van der Waals surface area contributed by atoms with Gasteiger partial charge in [-0.15, -0.1) is 0 Å². The lowest BCUT2D eigenvalue weighted by molar-refractivity contribution is -0.0197. The summed E-state index contributed by atoms with van der Waals surface area (Å²) in [7, 11) is 0. The standard InChI is InChI=1S/C12H19NO/c1-3-10-4-2-9(1)5-11(10)8-14-12-6-13-7-12/h1,3,9-13H,2,4-8H2. The third-order valence-electron chi connectivity index (χ3n) is 4.00. The first-order chi connectivity index (χ1) is 6.92. The third-order valence-corrected chi connectivity index (χ3v) is 4.00. The van der Waals surface area contributed by atoms with E-state index in [9.17, 15) is 0 Å². The van der Waals surface area contributed by atoms with Crippen LogP contribution in [0.25, 0.3) is 0 Å². The van der Waals surface area contributed by atoms with Gasteiger partial charge >= 0.3 is 0 Å². The molecule has 0 amide bonds. The molecule has 0 radical (unpaired) electrons. The summed E-state index contributed by atoms with van der Waals surface area (Å²) in [5.74, 6) is 2.51. The number of ether oxygens (including phenoxy) is 1. The molecule has 3 aliphatic carbocycles. The summed E-state index contributed by atoms with van der Waals surface area (Å²) in [5, 5.41) is 3.24. The summed E-state index contributed by atoms with van der Waals surface area (Å²) in [5.41, 5.74) is 0. The van der Waals surface area contributed by atoms with Gasteiger partial charge in [0.1, 0.15) is 0 Å². The highest BCUT2D eigenvalue weighted by Gasteiger charge is 2.32. The van der Waals surface area contributed by atoms with Gasteiger partial charge in [0.2, 0.25) is 0 Å². The lowest BCUT2D eigenvalue weighted by Gasteiger charge is -2.39. The molecule has 4 aliphatic rings. The quantitative estimate of drug-likeness (QED) is 0.687. The van der Waals surface area contributed by atoms with E-state index in [4.69, 9.17) is 4.74 Å². The van der Waals surface area contributed by atoms with E-state index in [1.165, 1.54) is 19.3 Å². The van der Waals surface area contributed by atoms with Gasteiger partial charge in [0.25, 0.3) is 0 Å². The van der Waals surface area contributed by atoms with Gasteiger partial charge in [0.15, 0.2) is 0 Å². The largest absolute Gasteiger partial charge is 0.375 e. The molecule has 2 fully saturated rings. The summed E-state index contributed by atoms with van der Waals surface area (Å²) in [6.07, 6.45) is 9.57. The summed E-state index contributed by atoms with van der Waals surface area (Å²) in [4.78, 5) is 0. The molecule has 0 aromatic carbocycles. The van der Waals surface area contributed by atoms with Crippen molar-refractivity contribution >= 4 is 0 Å². The zero-order chi connectivity index (χ0) is 9.38. The molecule has 78 valence electrons. The van der Waals surface area contributed by atoms with Crippen molar-refractivity contribution in [2.24, 2.45) is 17.8 Å². The van der Waals surface area contributed by atoms with Gasteiger partial charge < -0.3 is 10.1 Å². The Bertz CT molecular complexity index is 234. The lowest BCUT2D eigenvalue weighted by atomic mass is 9.69. The molecule has 3 unspecified atom stereocenters. The first kappa shape index (κ1) is 8.93. The Balaban J connectivity index is 1.51. The van der Waals surface area contributed by atoms with Gasteiger partial charge in [0.05, 0.1) is 12.7 Å². The molecule has 2 heteroatoms. The molecule has 0 spiro atoms. The monoisotopic (exact) mass is 193 g/mol. The molecular formula is C12H19NO. The van der Waals surface area contributed by atoms with Gasteiger partial charge in [0, 0.05) is 13.1 Å². The van der Waals surface area contributed by atoms with Gasteiger partial charge in [-0.2, -0.15) is 0 Å². The van der Waals surface area contributed by atoms with Gasteiger partial charge in [-0.1, -0.05) is 12.2 Å². The molecule has 1 heterocycles. The van der Waals surface area contributed by atoms with Crippen LogP contribution in [0.15, 0.2) is 12.2 Å². The molecular weight excluding hydrogens is 174 g/mol. The Morgan fingerprint density at radius 3 is 2.64 bits per heavy atom. The maximum Gasteiger partial charge on any atom is 0.0823 e. The van der Waals surface area contributed by atoms with Crippen LogP contribution < -0.4 is 5.32 Å². The molecule has 0 aromatic heterocycles. The lowest BCUT2D eigenvalue weighted by Crippen LogP contribution is -2.49. The molecule has 0 aromatic rings. The Labute approximate surface area is 85.7 Å². The number of hydrogen-bond donors (Lipinski definition) is 1. The van der Waals surface area contributed by atoms with Crippen molar-refractivity contribution in [3.05, 3.63) is 12.2 Å². The van der Waals surface area contributed by atoms with Crippen molar-refractivity contribution in [1.29, 1.82) is 0 Å². The maximum atomic E-state index is 5.87. The number of hydrogen-bond acceptors (Lipinski definition) is 2. The average molecular weight is 193 g/mol. The van der Waals surface area contributed by atoms with Crippen LogP contribution in [-0.4, -0.2) is 25.8 Å². The van der Waals surface area contributed by atoms with Crippen LogP contribution in [0.5, 0.6) is 0 Å². The topological polar surface area (TPSA) is 21.3 Å². The Kier molecular flexibility index (Phi) is 2.34. The fourth-order valence-corrected chi connectivity index (χ4v) is 2.88. The molecule has 14 heavy (non-hydrogen) atoms. The van der Waals surface area contributed by atoms with Crippen LogP contribution in [0.2, 0.25) is 0 Å². The first-order valence-electron chi connectivity index (χ1n) is 5.92. The normalized spacial score (nSPS) is 41.3. The van der Waals surface area contributed by atoms with E-state index in [0.717, 1.165) is 37.5 Å². The fourth-order valence-electron chi connectivity index (χ4n) is 2.88. The Morgan fingerprint density at radius 1 is 1.21 bits per heavy atom. The van der Waals surface area contributed by atoms with Crippen molar-refractivity contribution in [2.75, 3.05) is 19.7 Å². The molecule has 4 rings (SSSR count). The Morgan fingerprint density at radius 2 is 2.14 bits per heavy atom. The zero-order valence-electron chi connectivity index (χ0n) is 8.61. The molecule has 3 atom stereocenters. The minimum Gasteiger partial charge on any atom is -0.375 e. The van der Waals surface area contributed by atoms with E-state index in [-0.39, 0.29) is 0 Å². The van der Waals surface area contributed by atoms with Gasteiger partial charge in [-0.3, -0.25) is 0 Å². The maximum absolute atomic E-state index is 5.87. The van der Waals surface area contributed by atoms with Crippen molar-refractivity contribution in [2.45, 2.75) is 25.4 Å². The van der Waals surface area contributed by atoms with Crippen LogP contribution in [0.1, 0.15) is 19.3 Å². The van der Waals surface area contributed by atoms with Crippen LogP contribution in [0.3, 0.4) is 0 Å². The summed E-state index contributed by atoms with van der Waals surface area (Å²) in [6.45, 7) is 3.13. The second kappa shape index (κ2) is 3.67. The number of allylic oxidation sites excluding steroid dienone is 2. The molecule has 2 bridgehead atoms. The predicted molar refractivity (Wildman–Crippen MR) is 56.1 cm³/mol. The number of fused-ring (bicyclic) bond motifs is 2. The predicted octanol–water partition coefficient (Wildman–Crippen LogP) is 1.58. The zero-order valence-corrected chi connectivity index (χ0v) is 8.61. The van der Waals surface area contributed by atoms with E-state index in [1.807, 2.05) is 0 Å². The second-order valence-electron chi connectivity index (χ2n) is 5.00. The van der Waals surface area contributed by atoms with E-state index < -0.39 is 0 Å². The van der Waals surface area contributed by atoms with Crippen molar-refractivity contribution in [1.82, 2.24) is 5.32 Å². The molecule has 1 saturated heterocycles. The highest BCUT2D eigenvalue weighted by Crippen LogP contribution is 2.40. The smallest absolute Gasteiger partial charge is 0.0823 e. The minimum atomic E-state index is 0.513. The molecule has 1 aliphatic heterocycles. The highest BCUT2D eigenvalue weighted by molar-refractivity contribution is 5.06. The Hall–Kier alpha value is -0.340. The van der Waals surface area contributed by atoms with Gasteiger partial charge in [-0.25, -0.2) is 0 Å². The van der Waals surface area contributed by atoms with Crippen molar-refractivity contribution in [3.63, 3.8) is 0 Å². The van der Waals surface area contributed by atoms with Crippen molar-refractivity contribution in [3.8, 4) is 0 Å². The highest BCUT2D eigenvalue weighted by atomic mass is 16.5. The summed E-state index contributed by atoms with van der Waals surface area (Å²) >= 11 is 0. The second-order valence-corrected chi connectivity index (χ2v) is 5.00. The fraction of sp³-hybridized carbons (Fsp3) is 0.833. The SMILES string of the molecule is C1=CC2CCC1CC2COC1CNC1. The molecule has 2 nitrogen and oxygen atoms in total. The third kappa shape index (κ3) is 1.61. The minimum absolute atomic E-state index is 0.513. The summed E-state index contributed by atoms with van der Waals surface area (Å²) < 4.78 is 5.87. The first-order valence-corrected chi connectivity index (χ1v) is 5.92. The van der Waals surface area contributed by atoms with Crippen LogP contribution in [-0.2, 0) is 4.74 Å². The average Bonchev–Trinajstić information content (AvgIpc) is 2.17. The van der Waals surface area contributed by atoms with Crippen LogP contribution in [0.4, 0.5) is 0 Å². The van der Waals surface area contributed by atoms with E-state index in [1.54, 1.807) is 0 Å². The van der Waals surface area contributed by atoms with E-state index in [2.05, 4.69) is 17.5 Å².